The molecule has 0 bridgehead atoms. The van der Waals surface area contributed by atoms with Crippen LogP contribution >= 0.6 is 0 Å². The Morgan fingerprint density at radius 2 is 0.915 bits per heavy atom. The predicted molar refractivity (Wildman–Crippen MR) is 249 cm³/mol. The van der Waals surface area contributed by atoms with Gasteiger partial charge in [-0.1, -0.05) is 147 Å². The van der Waals surface area contributed by atoms with Crippen molar-refractivity contribution in [2.45, 2.75) is 13.1 Å². The zero-order valence-corrected chi connectivity index (χ0v) is 33.8. The molecule has 4 nitrogen and oxygen atoms in total. The lowest BCUT2D eigenvalue weighted by molar-refractivity contribution is 1.17. The molecule has 0 spiro atoms. The average molecular weight is 771 g/mol. The Bertz CT molecular complexity index is 3420. The van der Waals surface area contributed by atoms with Gasteiger partial charge in [0.2, 0.25) is 0 Å². The van der Waals surface area contributed by atoms with Gasteiger partial charge in [-0.3, -0.25) is 0 Å². The van der Waals surface area contributed by atoms with Gasteiger partial charge in [-0.05, 0) is 87.7 Å². The highest BCUT2D eigenvalue weighted by atomic mass is 28.3. The van der Waals surface area contributed by atoms with E-state index in [1.807, 2.05) is 0 Å². The Balaban J connectivity index is 1.05. The second-order valence-electron chi connectivity index (χ2n) is 16.2. The first-order chi connectivity index (χ1) is 29.0. The van der Waals surface area contributed by atoms with E-state index in [1.54, 1.807) is 0 Å². The van der Waals surface area contributed by atoms with Crippen LogP contribution in [0.25, 0.3) is 100 Å². The van der Waals surface area contributed by atoms with E-state index in [9.17, 15) is 0 Å². The van der Waals surface area contributed by atoms with E-state index in [0.29, 0.717) is 0 Å². The van der Waals surface area contributed by atoms with Gasteiger partial charge >= 0.3 is 0 Å². The van der Waals surface area contributed by atoms with Crippen molar-refractivity contribution in [3.05, 3.63) is 194 Å². The van der Waals surface area contributed by atoms with Crippen LogP contribution in [0, 0.1) is 0 Å². The van der Waals surface area contributed by atoms with Gasteiger partial charge < -0.3 is 9.13 Å². The molecule has 8 aromatic carbocycles. The number of rotatable bonds is 5. The summed E-state index contributed by atoms with van der Waals surface area (Å²) in [6.45, 7) is 4.87. The molecule has 0 atom stereocenters. The van der Waals surface area contributed by atoms with Crippen LogP contribution in [0.15, 0.2) is 194 Å². The molecule has 1 aliphatic rings. The first kappa shape index (κ1) is 33.8. The predicted octanol–water partition coefficient (Wildman–Crippen LogP) is 12.5. The van der Waals surface area contributed by atoms with E-state index in [0.717, 1.165) is 50.8 Å². The lowest BCUT2D eigenvalue weighted by Crippen LogP contribution is -2.50. The van der Waals surface area contributed by atoms with Gasteiger partial charge in [0, 0.05) is 44.0 Å². The van der Waals surface area contributed by atoms with Crippen LogP contribution in [0.3, 0.4) is 0 Å². The Kier molecular flexibility index (Phi) is 7.34. The highest BCUT2D eigenvalue weighted by Gasteiger charge is 2.41. The first-order valence-corrected chi connectivity index (χ1v) is 23.3. The zero-order chi connectivity index (χ0) is 39.2. The first-order valence-electron chi connectivity index (χ1n) is 20.3. The van der Waals surface area contributed by atoms with Crippen molar-refractivity contribution < 1.29 is 0 Å². The number of benzene rings is 8. The molecule has 0 amide bonds. The summed E-state index contributed by atoms with van der Waals surface area (Å²) in [6, 6.07) is 70.3. The van der Waals surface area contributed by atoms with Crippen LogP contribution in [-0.4, -0.2) is 27.2 Å². The topological polar surface area (TPSA) is 35.6 Å². The highest BCUT2D eigenvalue weighted by molar-refractivity contribution is 7.04. The van der Waals surface area contributed by atoms with E-state index in [2.05, 4.69) is 216 Å². The van der Waals surface area contributed by atoms with Crippen molar-refractivity contribution in [3.63, 3.8) is 0 Å². The monoisotopic (exact) mass is 770 g/mol. The van der Waals surface area contributed by atoms with E-state index in [1.165, 1.54) is 59.5 Å². The summed E-state index contributed by atoms with van der Waals surface area (Å²) in [7, 11) is -2.05. The third-order valence-corrected chi connectivity index (χ3v) is 16.0. The van der Waals surface area contributed by atoms with Crippen LogP contribution in [0.5, 0.6) is 0 Å². The van der Waals surface area contributed by atoms with E-state index in [-0.39, 0.29) is 0 Å². The molecule has 0 saturated heterocycles. The van der Waals surface area contributed by atoms with Crippen molar-refractivity contribution in [3.8, 4) is 56.4 Å². The average Bonchev–Trinajstić information content (AvgIpc) is 3.89. The van der Waals surface area contributed by atoms with Crippen molar-refractivity contribution in [2.24, 2.45) is 0 Å². The van der Waals surface area contributed by atoms with Gasteiger partial charge in [-0.2, -0.15) is 0 Å². The van der Waals surface area contributed by atoms with Crippen molar-refractivity contribution in [2.75, 3.05) is 0 Å². The molecular weight excluding hydrogens is 733 g/mol. The summed E-state index contributed by atoms with van der Waals surface area (Å²) < 4.78 is 4.80. The van der Waals surface area contributed by atoms with E-state index < -0.39 is 8.07 Å². The second kappa shape index (κ2) is 12.8. The summed E-state index contributed by atoms with van der Waals surface area (Å²) in [5.74, 6) is 0.753. The van der Waals surface area contributed by atoms with Gasteiger partial charge in [0.15, 0.2) is 5.82 Å². The van der Waals surface area contributed by atoms with Gasteiger partial charge in [-0.25, -0.2) is 9.97 Å². The molecule has 0 aliphatic carbocycles. The molecule has 0 unspecified atom stereocenters. The number of hydrogen-bond donors (Lipinski definition) is 0. The van der Waals surface area contributed by atoms with Gasteiger partial charge in [0.25, 0.3) is 0 Å². The van der Waals surface area contributed by atoms with Crippen LogP contribution in [-0.2, 0) is 0 Å². The third-order valence-electron chi connectivity index (χ3n) is 12.5. The minimum atomic E-state index is -2.05. The third kappa shape index (κ3) is 5.08. The molecule has 4 heterocycles. The molecule has 11 aromatic rings. The fraction of sp³-hybridized carbons (Fsp3) is 0.0370. The minimum Gasteiger partial charge on any atom is -0.309 e. The maximum atomic E-state index is 5.42. The SMILES string of the molecule is C[Si]1(C)c2ccccc2-c2nc(-c3cccc(-c4ccc5c(c4)c4cc(-n6c7ccccc7c7ccccc76)ccc4n5-c4ccccc4)c3)nc(-c3ccccc3)c21. The number of hydrogen-bond acceptors (Lipinski definition) is 2. The van der Waals surface area contributed by atoms with E-state index in [4.69, 9.17) is 9.97 Å². The van der Waals surface area contributed by atoms with Crippen molar-refractivity contribution in [1.82, 2.24) is 19.1 Å². The summed E-state index contributed by atoms with van der Waals surface area (Å²) in [5.41, 5.74) is 14.8. The fourth-order valence-corrected chi connectivity index (χ4v) is 13.0. The normalized spacial score (nSPS) is 13.1. The molecule has 0 N–H and O–H groups in total. The van der Waals surface area contributed by atoms with Crippen LogP contribution in [0.2, 0.25) is 13.1 Å². The maximum Gasteiger partial charge on any atom is 0.160 e. The van der Waals surface area contributed by atoms with Crippen LogP contribution in [0.1, 0.15) is 0 Å². The Morgan fingerprint density at radius 3 is 1.68 bits per heavy atom. The van der Waals surface area contributed by atoms with Crippen molar-refractivity contribution in [1.29, 1.82) is 0 Å². The van der Waals surface area contributed by atoms with Crippen molar-refractivity contribution >= 4 is 62.1 Å². The highest BCUT2D eigenvalue weighted by Crippen LogP contribution is 2.39. The number of aromatic nitrogens is 4. The van der Waals surface area contributed by atoms with Crippen LogP contribution in [0.4, 0.5) is 0 Å². The lowest BCUT2D eigenvalue weighted by atomic mass is 10.00. The fourth-order valence-electron chi connectivity index (χ4n) is 9.77. The zero-order valence-electron chi connectivity index (χ0n) is 32.8. The van der Waals surface area contributed by atoms with Gasteiger partial charge in [-0.15, -0.1) is 0 Å². The molecule has 3 aromatic heterocycles. The number of nitrogens with zero attached hydrogens (tertiary/aromatic N) is 4. The summed E-state index contributed by atoms with van der Waals surface area (Å²) >= 11 is 0. The Labute approximate surface area is 343 Å². The maximum absolute atomic E-state index is 5.42. The molecule has 59 heavy (non-hydrogen) atoms. The number of fused-ring (bicyclic) bond motifs is 9. The molecule has 278 valence electrons. The Hall–Kier alpha value is -7.34. The van der Waals surface area contributed by atoms with Gasteiger partial charge in [0.05, 0.1) is 33.5 Å². The second-order valence-corrected chi connectivity index (χ2v) is 20.5. The van der Waals surface area contributed by atoms with E-state index >= 15 is 0 Å². The van der Waals surface area contributed by atoms with Crippen LogP contribution < -0.4 is 10.4 Å². The molecule has 0 saturated carbocycles. The Morgan fingerprint density at radius 1 is 0.373 bits per heavy atom. The quantitative estimate of drug-likeness (QED) is 0.163. The van der Waals surface area contributed by atoms with Gasteiger partial charge in [0.1, 0.15) is 8.07 Å². The molecule has 5 heteroatoms. The lowest BCUT2D eigenvalue weighted by Gasteiger charge is -2.21. The standard InChI is InChI=1S/C54H38N4Si/c1-59(2)50-27-14-11-24-43(50)52-53(59)51(35-16-5-3-6-17-35)55-54(56-52)38-19-15-18-36(32-38)37-28-30-48-44(33-37)45-34-40(29-31-49(45)57(48)39-20-7-4-8-21-39)58-46-25-12-9-22-41(46)42-23-10-13-26-47(42)58/h3-34H,1-2H3. The smallest absolute Gasteiger partial charge is 0.160 e. The summed E-state index contributed by atoms with van der Waals surface area (Å²) in [5, 5.41) is 7.69. The molecular formula is C54H38N4Si. The largest absolute Gasteiger partial charge is 0.309 e. The summed E-state index contributed by atoms with van der Waals surface area (Å²) in [4.78, 5) is 10.8. The molecule has 0 radical (unpaired) electrons. The molecule has 0 fully saturated rings. The number of para-hydroxylation sites is 3. The summed E-state index contributed by atoms with van der Waals surface area (Å²) in [6.07, 6.45) is 0. The minimum absolute atomic E-state index is 0.753. The molecule has 1 aliphatic heterocycles. The molecule has 12 rings (SSSR count).